The van der Waals surface area contributed by atoms with Gasteiger partial charge in [-0.05, 0) is 36.1 Å². The predicted octanol–water partition coefficient (Wildman–Crippen LogP) is 3.77. The van der Waals surface area contributed by atoms with Crippen LogP contribution < -0.4 is 4.74 Å². The second-order valence-electron chi connectivity index (χ2n) is 7.25. The van der Waals surface area contributed by atoms with Crippen molar-refractivity contribution in [2.24, 2.45) is 5.92 Å². The molecule has 27 heavy (non-hydrogen) atoms. The Labute approximate surface area is 162 Å². The summed E-state index contributed by atoms with van der Waals surface area (Å²) in [5.74, 6) is 1.48. The number of hydrogen-bond acceptors (Lipinski definition) is 3. The second-order valence-corrected chi connectivity index (χ2v) is 7.25. The molecule has 0 N–H and O–H groups in total. The summed E-state index contributed by atoms with van der Waals surface area (Å²) >= 11 is 0. The highest BCUT2D eigenvalue weighted by Crippen LogP contribution is 2.29. The Balaban J connectivity index is 1.37. The summed E-state index contributed by atoms with van der Waals surface area (Å²) in [5.41, 5.74) is 2.34. The number of ether oxygens (including phenoxy) is 1. The van der Waals surface area contributed by atoms with Gasteiger partial charge in [-0.25, -0.2) is 0 Å². The van der Waals surface area contributed by atoms with Crippen molar-refractivity contribution in [3.8, 4) is 5.75 Å². The largest absolute Gasteiger partial charge is 0.494 e. The number of rotatable bonds is 7. The van der Waals surface area contributed by atoms with E-state index in [1.54, 1.807) is 6.92 Å². The van der Waals surface area contributed by atoms with Crippen LogP contribution in [0.5, 0.6) is 5.75 Å². The van der Waals surface area contributed by atoms with E-state index in [1.165, 1.54) is 5.56 Å². The van der Waals surface area contributed by atoms with Crippen LogP contribution in [0.2, 0.25) is 0 Å². The number of amides is 1. The molecule has 1 aromatic carbocycles. The number of allylic oxidation sites excluding steroid dienone is 5. The Hall–Kier alpha value is -2.33. The molecule has 1 saturated heterocycles. The maximum Gasteiger partial charge on any atom is 0.219 e. The number of piperazine rings is 1. The van der Waals surface area contributed by atoms with Gasteiger partial charge in [0.1, 0.15) is 5.75 Å². The molecule has 0 spiro atoms. The standard InChI is InChI=1S/C23H30N2O2/c1-19(21-7-4-3-5-8-21)22-9-11-23(12-10-22)27-18-6-13-24-14-16-25(17-15-24)20(2)26/h3-5,7,9-12,21H,1,6,8,13-18H2,2H3. The zero-order valence-corrected chi connectivity index (χ0v) is 16.3. The molecule has 4 nitrogen and oxygen atoms in total. The van der Waals surface area contributed by atoms with Crippen LogP contribution in [0.15, 0.2) is 55.1 Å². The molecule has 0 bridgehead atoms. The second kappa shape index (κ2) is 9.56. The van der Waals surface area contributed by atoms with Gasteiger partial charge in [-0.1, -0.05) is 43.0 Å². The predicted molar refractivity (Wildman–Crippen MR) is 111 cm³/mol. The van der Waals surface area contributed by atoms with Crippen LogP contribution in [0.4, 0.5) is 0 Å². The lowest BCUT2D eigenvalue weighted by Gasteiger charge is -2.34. The fourth-order valence-electron chi connectivity index (χ4n) is 3.58. The number of benzene rings is 1. The fraction of sp³-hybridized carbons (Fsp3) is 0.435. The van der Waals surface area contributed by atoms with E-state index in [1.807, 2.05) is 17.0 Å². The van der Waals surface area contributed by atoms with Crippen molar-refractivity contribution < 1.29 is 9.53 Å². The number of carbonyl (C=O) groups is 1. The molecule has 1 aromatic rings. The van der Waals surface area contributed by atoms with Gasteiger partial charge >= 0.3 is 0 Å². The third-order valence-corrected chi connectivity index (χ3v) is 5.36. The summed E-state index contributed by atoms with van der Waals surface area (Å²) in [7, 11) is 0. The van der Waals surface area contributed by atoms with Crippen LogP contribution in [-0.2, 0) is 4.79 Å². The smallest absolute Gasteiger partial charge is 0.219 e. The van der Waals surface area contributed by atoms with E-state index in [2.05, 4.69) is 47.9 Å². The van der Waals surface area contributed by atoms with Crippen molar-refractivity contribution in [1.82, 2.24) is 9.80 Å². The highest BCUT2D eigenvalue weighted by molar-refractivity contribution is 5.73. The third-order valence-electron chi connectivity index (χ3n) is 5.36. The molecule has 3 rings (SSSR count). The van der Waals surface area contributed by atoms with Gasteiger partial charge in [0.2, 0.25) is 5.91 Å². The Morgan fingerprint density at radius 1 is 1.15 bits per heavy atom. The Morgan fingerprint density at radius 3 is 2.52 bits per heavy atom. The van der Waals surface area contributed by atoms with E-state index in [9.17, 15) is 4.79 Å². The van der Waals surface area contributed by atoms with Gasteiger partial charge in [-0.3, -0.25) is 9.69 Å². The van der Waals surface area contributed by atoms with Gasteiger partial charge in [0.25, 0.3) is 0 Å². The lowest BCUT2D eigenvalue weighted by atomic mass is 9.89. The molecule has 2 aliphatic rings. The first kappa shape index (κ1) is 19.4. The van der Waals surface area contributed by atoms with Crippen LogP contribution in [-0.4, -0.2) is 55.0 Å². The van der Waals surface area contributed by atoms with E-state index >= 15 is 0 Å². The van der Waals surface area contributed by atoms with Gasteiger partial charge in [0.05, 0.1) is 6.61 Å². The Bertz CT molecular complexity index is 698. The van der Waals surface area contributed by atoms with Crippen LogP contribution in [0, 0.1) is 5.92 Å². The van der Waals surface area contributed by atoms with E-state index in [-0.39, 0.29) is 5.91 Å². The molecule has 1 unspecified atom stereocenters. The first-order valence-corrected chi connectivity index (χ1v) is 9.87. The third kappa shape index (κ3) is 5.57. The summed E-state index contributed by atoms with van der Waals surface area (Å²) in [6.45, 7) is 11.2. The maximum atomic E-state index is 11.4. The highest BCUT2D eigenvalue weighted by Gasteiger charge is 2.17. The highest BCUT2D eigenvalue weighted by atomic mass is 16.5. The van der Waals surface area contributed by atoms with Crippen molar-refractivity contribution in [2.75, 3.05) is 39.3 Å². The molecule has 144 valence electrons. The minimum atomic E-state index is 0.181. The molecular formula is C23H30N2O2. The lowest BCUT2D eigenvalue weighted by molar-refractivity contribution is -0.130. The fourth-order valence-corrected chi connectivity index (χ4v) is 3.58. The van der Waals surface area contributed by atoms with Crippen molar-refractivity contribution >= 4 is 11.5 Å². The van der Waals surface area contributed by atoms with Crippen LogP contribution >= 0.6 is 0 Å². The first-order chi connectivity index (χ1) is 13.1. The molecule has 1 heterocycles. The van der Waals surface area contributed by atoms with Crippen LogP contribution in [0.25, 0.3) is 5.57 Å². The summed E-state index contributed by atoms with van der Waals surface area (Å²) in [6.07, 6.45) is 10.6. The monoisotopic (exact) mass is 366 g/mol. The minimum Gasteiger partial charge on any atom is -0.494 e. The average molecular weight is 367 g/mol. The minimum absolute atomic E-state index is 0.181. The van der Waals surface area contributed by atoms with Gasteiger partial charge in [0, 0.05) is 45.6 Å². The van der Waals surface area contributed by atoms with Gasteiger partial charge in [0.15, 0.2) is 0 Å². The van der Waals surface area contributed by atoms with Crippen LogP contribution in [0.3, 0.4) is 0 Å². The average Bonchev–Trinajstić information content (AvgIpc) is 2.72. The number of carbonyl (C=O) groups excluding carboxylic acids is 1. The van der Waals surface area contributed by atoms with Crippen LogP contribution in [0.1, 0.15) is 25.3 Å². The maximum absolute atomic E-state index is 11.4. The Kier molecular flexibility index (Phi) is 6.88. The van der Waals surface area contributed by atoms with Crippen molar-refractivity contribution in [3.63, 3.8) is 0 Å². The van der Waals surface area contributed by atoms with E-state index in [4.69, 9.17) is 4.74 Å². The van der Waals surface area contributed by atoms with Gasteiger partial charge in [-0.2, -0.15) is 0 Å². The number of hydrogen-bond donors (Lipinski definition) is 0. The molecule has 4 heteroatoms. The van der Waals surface area contributed by atoms with Gasteiger partial charge < -0.3 is 9.64 Å². The summed E-state index contributed by atoms with van der Waals surface area (Å²) in [5, 5.41) is 0. The van der Waals surface area contributed by atoms with E-state index in [0.29, 0.717) is 12.5 Å². The topological polar surface area (TPSA) is 32.8 Å². The van der Waals surface area contributed by atoms with Crippen molar-refractivity contribution in [3.05, 3.63) is 60.7 Å². The Morgan fingerprint density at radius 2 is 1.89 bits per heavy atom. The zero-order valence-electron chi connectivity index (χ0n) is 16.3. The molecule has 0 aromatic heterocycles. The normalized spacial score (nSPS) is 19.9. The van der Waals surface area contributed by atoms with Crippen molar-refractivity contribution in [2.45, 2.75) is 19.8 Å². The van der Waals surface area contributed by atoms with Gasteiger partial charge in [-0.15, -0.1) is 0 Å². The zero-order chi connectivity index (χ0) is 19.1. The van der Waals surface area contributed by atoms with Crippen molar-refractivity contribution in [1.29, 1.82) is 0 Å². The van der Waals surface area contributed by atoms with E-state index < -0.39 is 0 Å². The molecule has 1 amide bonds. The quantitative estimate of drug-likeness (QED) is 0.689. The summed E-state index contributed by atoms with van der Waals surface area (Å²) in [4.78, 5) is 15.7. The summed E-state index contributed by atoms with van der Waals surface area (Å²) < 4.78 is 5.89. The molecular weight excluding hydrogens is 336 g/mol. The lowest BCUT2D eigenvalue weighted by Crippen LogP contribution is -2.48. The molecule has 1 aliphatic carbocycles. The molecule has 0 saturated carbocycles. The summed E-state index contributed by atoms with van der Waals surface area (Å²) in [6, 6.07) is 8.28. The first-order valence-electron chi connectivity index (χ1n) is 9.87. The molecule has 1 aliphatic heterocycles. The SMILES string of the molecule is C=C(c1ccc(OCCCN2CCN(C(C)=O)CC2)cc1)C1C=CC=CC1. The van der Waals surface area contributed by atoms with E-state index in [0.717, 1.165) is 56.9 Å². The molecule has 1 fully saturated rings. The number of nitrogens with zero attached hydrogens (tertiary/aromatic N) is 2. The molecule has 0 radical (unpaired) electrons. The molecule has 1 atom stereocenters.